The van der Waals surface area contributed by atoms with Crippen molar-refractivity contribution in [2.24, 2.45) is 0 Å². The number of amides is 4. The van der Waals surface area contributed by atoms with Gasteiger partial charge in [-0.2, -0.15) is 0 Å². The molecule has 326 valence electrons. The van der Waals surface area contributed by atoms with Gasteiger partial charge in [0, 0.05) is 65.0 Å². The number of hydrogen-bond acceptors (Lipinski definition) is 12. The summed E-state index contributed by atoms with van der Waals surface area (Å²) in [6.07, 6.45) is 4.21. The summed E-state index contributed by atoms with van der Waals surface area (Å²) in [7, 11) is 8.94. The quantitative estimate of drug-likeness (QED) is 0.103. The fourth-order valence-corrected chi connectivity index (χ4v) is 8.04. The Morgan fingerprint density at radius 3 is 1.19 bits per heavy atom. The molecule has 16 heteroatoms. The van der Waals surface area contributed by atoms with Gasteiger partial charge in [0.2, 0.25) is 11.5 Å². The van der Waals surface area contributed by atoms with Gasteiger partial charge in [-0.25, -0.2) is 0 Å². The van der Waals surface area contributed by atoms with Crippen LogP contribution < -0.4 is 39.1 Å². The molecule has 0 spiro atoms. The second-order valence-electron chi connectivity index (χ2n) is 14.2. The van der Waals surface area contributed by atoms with E-state index in [9.17, 15) is 29.4 Å². The van der Waals surface area contributed by atoms with Gasteiger partial charge in [0.25, 0.3) is 23.6 Å². The molecule has 0 atom stereocenters. The summed E-state index contributed by atoms with van der Waals surface area (Å²) < 4.78 is 36.3. The average Bonchev–Trinajstić information content (AvgIpc) is 4.03. The number of ether oxygens (including phenoxy) is 6. The number of fused-ring (bicyclic) bond motifs is 2. The largest absolute Gasteiger partial charge is 0.493 e. The Labute approximate surface area is 361 Å². The van der Waals surface area contributed by atoms with E-state index in [0.29, 0.717) is 76.3 Å². The van der Waals surface area contributed by atoms with Crippen LogP contribution >= 0.6 is 0 Å². The lowest BCUT2D eigenvalue weighted by molar-refractivity contribution is -0.124. The first-order valence-electron chi connectivity index (χ1n) is 19.8. The Hall–Kier alpha value is -7.56. The number of aromatic nitrogens is 2. The predicted octanol–water partition coefficient (Wildman–Crippen LogP) is 4.84. The maximum Gasteiger partial charge on any atom is 0.259 e. The number of carbonyl (C=O) groups is 4. The number of nitrogens with zero attached hydrogens (tertiary/aromatic N) is 2. The SMILES string of the molecule is COc1cc(C2=C(c3cn(CCCO)c4ccccc34)C(=O)NC2=O)cc(OC)c1OC.COc1cc(C2=C(c3cn(CCO)c4ccccc34)C(=O)NC2=O)cc(OC)c1OC. The van der Waals surface area contributed by atoms with E-state index >= 15 is 0 Å². The maximum atomic E-state index is 12.9. The van der Waals surface area contributed by atoms with Crippen molar-refractivity contribution in [2.45, 2.75) is 19.5 Å². The molecule has 2 aromatic heterocycles. The van der Waals surface area contributed by atoms with Gasteiger partial charge in [0.1, 0.15) is 0 Å². The molecule has 8 rings (SSSR count). The molecule has 4 aromatic carbocycles. The molecule has 63 heavy (non-hydrogen) atoms. The molecule has 0 fully saturated rings. The van der Waals surface area contributed by atoms with Crippen LogP contribution in [0.15, 0.2) is 85.2 Å². The van der Waals surface area contributed by atoms with Crippen LogP contribution in [-0.4, -0.2) is 98.8 Å². The van der Waals surface area contributed by atoms with Crippen LogP contribution in [-0.2, 0) is 32.3 Å². The van der Waals surface area contributed by atoms with Gasteiger partial charge >= 0.3 is 0 Å². The lowest BCUT2D eigenvalue weighted by Gasteiger charge is -2.14. The summed E-state index contributed by atoms with van der Waals surface area (Å²) in [6.45, 7) is 0.949. The zero-order valence-corrected chi connectivity index (χ0v) is 35.5. The van der Waals surface area contributed by atoms with Crippen molar-refractivity contribution < 1.29 is 57.8 Å². The van der Waals surface area contributed by atoms with Crippen molar-refractivity contribution in [3.63, 3.8) is 0 Å². The summed E-state index contributed by atoms with van der Waals surface area (Å²) >= 11 is 0. The summed E-state index contributed by atoms with van der Waals surface area (Å²) in [5.41, 5.74) is 4.96. The third-order valence-electron chi connectivity index (χ3n) is 10.8. The van der Waals surface area contributed by atoms with Crippen molar-refractivity contribution in [2.75, 3.05) is 55.9 Å². The van der Waals surface area contributed by atoms with E-state index in [4.69, 9.17) is 28.4 Å². The molecule has 4 N–H and O–H groups in total. The van der Waals surface area contributed by atoms with Crippen molar-refractivity contribution in [1.29, 1.82) is 0 Å². The average molecular weight is 859 g/mol. The van der Waals surface area contributed by atoms with E-state index in [2.05, 4.69) is 10.6 Å². The molecule has 2 aliphatic heterocycles. The summed E-state index contributed by atoms with van der Waals surface area (Å²) in [4.78, 5) is 51.6. The Morgan fingerprint density at radius 2 is 0.841 bits per heavy atom. The predicted molar refractivity (Wildman–Crippen MR) is 235 cm³/mol. The van der Waals surface area contributed by atoms with Crippen LogP contribution in [0.5, 0.6) is 34.5 Å². The highest BCUT2D eigenvalue weighted by Gasteiger charge is 2.36. The molecule has 6 aromatic rings. The van der Waals surface area contributed by atoms with Gasteiger partial charge in [-0.1, -0.05) is 36.4 Å². The molecule has 16 nitrogen and oxygen atoms in total. The molecule has 0 radical (unpaired) electrons. The van der Waals surface area contributed by atoms with Gasteiger partial charge in [-0.05, 0) is 53.9 Å². The summed E-state index contributed by atoms with van der Waals surface area (Å²) in [5.74, 6) is 0.338. The Kier molecular flexibility index (Phi) is 12.8. The van der Waals surface area contributed by atoms with Gasteiger partial charge in [-0.15, -0.1) is 0 Å². The molecular formula is C47H46N4O12. The lowest BCUT2D eigenvalue weighted by atomic mass is 9.95. The van der Waals surface area contributed by atoms with E-state index < -0.39 is 23.6 Å². The Bertz CT molecular complexity index is 2800. The van der Waals surface area contributed by atoms with Crippen LogP contribution in [0, 0.1) is 0 Å². The topological polar surface area (TPSA) is 198 Å². The number of aliphatic hydroxyl groups excluding tert-OH is 2. The molecule has 0 aliphatic carbocycles. The highest BCUT2D eigenvalue weighted by molar-refractivity contribution is 6.51. The van der Waals surface area contributed by atoms with Crippen LogP contribution in [0.4, 0.5) is 0 Å². The maximum absolute atomic E-state index is 12.9. The number of rotatable bonds is 15. The first-order valence-corrected chi connectivity index (χ1v) is 19.8. The minimum Gasteiger partial charge on any atom is -0.493 e. The third-order valence-corrected chi connectivity index (χ3v) is 10.8. The van der Waals surface area contributed by atoms with Gasteiger partial charge < -0.3 is 47.8 Å². The zero-order valence-electron chi connectivity index (χ0n) is 35.5. The number of aliphatic hydroxyl groups is 2. The van der Waals surface area contributed by atoms with Crippen molar-refractivity contribution in [3.8, 4) is 34.5 Å². The second kappa shape index (κ2) is 18.6. The number of benzene rings is 4. The number of imide groups is 2. The normalized spacial score (nSPS) is 13.7. The lowest BCUT2D eigenvalue weighted by Crippen LogP contribution is -2.22. The fraction of sp³-hybridized carbons (Fsp3) is 0.234. The number of aryl methyl sites for hydroxylation is 1. The van der Waals surface area contributed by atoms with E-state index in [1.165, 1.54) is 42.7 Å². The molecule has 4 amide bonds. The monoisotopic (exact) mass is 858 g/mol. The van der Waals surface area contributed by atoms with E-state index in [0.717, 1.165) is 21.8 Å². The molecular weight excluding hydrogens is 813 g/mol. The Morgan fingerprint density at radius 1 is 0.476 bits per heavy atom. The van der Waals surface area contributed by atoms with E-state index in [1.54, 1.807) is 30.5 Å². The molecule has 0 unspecified atom stereocenters. The van der Waals surface area contributed by atoms with Crippen molar-refractivity contribution in [3.05, 3.63) is 107 Å². The number of nitrogens with one attached hydrogen (secondary N) is 2. The molecule has 2 aliphatic rings. The highest BCUT2D eigenvalue weighted by atomic mass is 16.5. The standard InChI is InChI=1S/C24H24N2O6.C23H22N2O6/c1-30-18-11-14(12-19(31-2)22(18)32-3)20-21(24(29)25-23(20)28)16-13-26(9-6-10-27)17-8-5-4-7-15(16)17;1-29-17-10-13(11-18(30-2)21(17)31-3)19-20(23(28)24-22(19)27)15-12-25(8-9-26)16-7-5-4-6-14(15)16/h4-5,7-8,11-13,27H,6,9-10H2,1-3H3,(H,25,28,29);4-7,10-12,26H,8-9H2,1-3H3,(H,24,27,28). The number of carbonyl (C=O) groups excluding carboxylic acids is 4. The first kappa shape index (κ1) is 43.5. The fourth-order valence-electron chi connectivity index (χ4n) is 8.04. The van der Waals surface area contributed by atoms with Gasteiger partial charge in [0.15, 0.2) is 23.0 Å². The van der Waals surface area contributed by atoms with Crippen molar-refractivity contribution >= 4 is 67.7 Å². The van der Waals surface area contributed by atoms with E-state index in [-0.39, 0.29) is 35.5 Å². The zero-order chi connectivity index (χ0) is 44.9. The van der Waals surface area contributed by atoms with Crippen LogP contribution in [0.2, 0.25) is 0 Å². The molecule has 0 saturated heterocycles. The highest BCUT2D eigenvalue weighted by Crippen LogP contribution is 2.45. The summed E-state index contributed by atoms with van der Waals surface area (Å²) in [6, 6.07) is 21.8. The van der Waals surface area contributed by atoms with Crippen LogP contribution in [0.3, 0.4) is 0 Å². The smallest absolute Gasteiger partial charge is 0.259 e. The Balaban J connectivity index is 0.000000189. The second-order valence-corrected chi connectivity index (χ2v) is 14.2. The molecule has 4 heterocycles. The van der Waals surface area contributed by atoms with Crippen LogP contribution in [0.25, 0.3) is 44.1 Å². The van der Waals surface area contributed by atoms with Gasteiger partial charge in [0.05, 0.1) is 71.6 Å². The minimum absolute atomic E-state index is 0.0535. The minimum atomic E-state index is -0.506. The van der Waals surface area contributed by atoms with Crippen LogP contribution in [0.1, 0.15) is 28.7 Å². The van der Waals surface area contributed by atoms with Crippen molar-refractivity contribution in [1.82, 2.24) is 19.8 Å². The third kappa shape index (κ3) is 7.93. The number of hydrogen-bond donors (Lipinski definition) is 4. The first-order chi connectivity index (χ1) is 30.6. The number of para-hydroxylation sites is 2. The number of methoxy groups -OCH3 is 6. The van der Waals surface area contributed by atoms with E-state index in [1.807, 2.05) is 63.9 Å². The molecule has 0 saturated carbocycles. The summed E-state index contributed by atoms with van der Waals surface area (Å²) in [5, 5.41) is 25.2. The molecule has 0 bridgehead atoms. The van der Waals surface area contributed by atoms with Gasteiger partial charge in [-0.3, -0.25) is 29.8 Å².